The molecule has 88 valence electrons. The highest BCUT2D eigenvalue weighted by atomic mass is 32.1. The number of likely N-dealkylation sites (tertiary alicyclic amines) is 1. The molecule has 0 N–H and O–H groups in total. The van der Waals surface area contributed by atoms with Crippen molar-refractivity contribution in [3.05, 3.63) is 40.9 Å². The van der Waals surface area contributed by atoms with Crippen molar-refractivity contribution in [3.8, 4) is 0 Å². The van der Waals surface area contributed by atoms with Crippen LogP contribution in [-0.4, -0.2) is 26.4 Å². The molecule has 5 heteroatoms. The van der Waals surface area contributed by atoms with Gasteiger partial charge in [0.25, 0.3) is 0 Å². The summed E-state index contributed by atoms with van der Waals surface area (Å²) < 4.78 is 0. The third-order valence-electron chi connectivity index (χ3n) is 3.11. The Kier molecular flexibility index (Phi) is 3.11. The van der Waals surface area contributed by atoms with Crippen molar-refractivity contribution in [1.82, 2.24) is 19.9 Å². The van der Waals surface area contributed by atoms with Crippen LogP contribution in [0.2, 0.25) is 0 Å². The van der Waals surface area contributed by atoms with Gasteiger partial charge >= 0.3 is 0 Å². The van der Waals surface area contributed by atoms with Gasteiger partial charge in [0.1, 0.15) is 5.01 Å². The lowest BCUT2D eigenvalue weighted by Gasteiger charge is -2.22. The molecule has 0 saturated carbocycles. The first kappa shape index (κ1) is 10.8. The summed E-state index contributed by atoms with van der Waals surface area (Å²) in [6.45, 7) is 2.06. The topological polar surface area (TPSA) is 41.9 Å². The Labute approximate surface area is 104 Å². The smallest absolute Gasteiger partial charge is 0.107 e. The molecule has 3 rings (SSSR count). The van der Waals surface area contributed by atoms with Crippen LogP contribution < -0.4 is 0 Å². The second-order valence-corrected chi connectivity index (χ2v) is 5.16. The number of hydrogen-bond acceptors (Lipinski definition) is 5. The number of aromatic nitrogens is 3. The van der Waals surface area contributed by atoms with Gasteiger partial charge in [-0.3, -0.25) is 14.9 Å². The van der Waals surface area contributed by atoms with E-state index in [1.165, 1.54) is 17.8 Å². The molecular formula is C12H14N4S. The summed E-state index contributed by atoms with van der Waals surface area (Å²) in [5, 5.41) is 3.21. The van der Waals surface area contributed by atoms with Gasteiger partial charge in [-0.1, -0.05) is 0 Å². The average molecular weight is 246 g/mol. The third-order valence-corrected chi connectivity index (χ3v) is 3.87. The fraction of sp³-hybridized carbons (Fsp3) is 0.417. The van der Waals surface area contributed by atoms with E-state index < -0.39 is 0 Å². The van der Waals surface area contributed by atoms with Crippen LogP contribution in [0.1, 0.15) is 29.6 Å². The molecule has 0 aromatic carbocycles. The molecule has 0 amide bonds. The molecule has 1 fully saturated rings. The standard InChI is InChI=1S/C12H14N4S/c1-2-11(10-8-13-3-4-14-10)16(6-1)9-12-15-5-7-17-12/h3-5,7-8,11H,1-2,6,9H2/t11-/m0/s1. The van der Waals surface area contributed by atoms with Crippen LogP contribution in [0.4, 0.5) is 0 Å². The Bertz CT molecular complexity index is 457. The van der Waals surface area contributed by atoms with Gasteiger partial charge in [0.05, 0.1) is 18.3 Å². The van der Waals surface area contributed by atoms with Crippen LogP contribution in [0.15, 0.2) is 30.2 Å². The SMILES string of the molecule is c1cnc([C@@H]2CCCN2Cc2nccs2)cn1. The average Bonchev–Trinajstić information content (AvgIpc) is 3.02. The predicted octanol–water partition coefficient (Wildman–Crippen LogP) is 2.27. The molecule has 0 radical (unpaired) electrons. The van der Waals surface area contributed by atoms with E-state index in [0.717, 1.165) is 18.8 Å². The van der Waals surface area contributed by atoms with Gasteiger partial charge in [0, 0.05) is 30.2 Å². The molecule has 4 nitrogen and oxygen atoms in total. The van der Waals surface area contributed by atoms with Gasteiger partial charge in [-0.05, 0) is 19.4 Å². The highest BCUT2D eigenvalue weighted by molar-refractivity contribution is 7.09. The molecule has 0 bridgehead atoms. The fourth-order valence-electron chi connectivity index (χ4n) is 2.34. The molecule has 1 aliphatic rings. The predicted molar refractivity (Wildman–Crippen MR) is 66.5 cm³/mol. The van der Waals surface area contributed by atoms with E-state index in [1.807, 2.05) is 17.8 Å². The van der Waals surface area contributed by atoms with Crippen molar-refractivity contribution >= 4 is 11.3 Å². The lowest BCUT2D eigenvalue weighted by molar-refractivity contribution is 0.243. The Balaban J connectivity index is 1.76. The minimum Gasteiger partial charge on any atom is -0.288 e. The Morgan fingerprint density at radius 2 is 2.29 bits per heavy atom. The van der Waals surface area contributed by atoms with E-state index in [2.05, 4.69) is 19.9 Å². The Morgan fingerprint density at radius 3 is 3.06 bits per heavy atom. The van der Waals surface area contributed by atoms with Crippen molar-refractivity contribution in [3.63, 3.8) is 0 Å². The van der Waals surface area contributed by atoms with Gasteiger partial charge in [-0.15, -0.1) is 11.3 Å². The van der Waals surface area contributed by atoms with Crippen molar-refractivity contribution in [2.24, 2.45) is 0 Å². The first-order valence-electron chi connectivity index (χ1n) is 5.82. The summed E-state index contributed by atoms with van der Waals surface area (Å²) in [6, 6.07) is 0.410. The van der Waals surface area contributed by atoms with Gasteiger partial charge in [0.2, 0.25) is 0 Å². The molecule has 2 aromatic rings. The molecule has 1 saturated heterocycles. The van der Waals surface area contributed by atoms with E-state index in [4.69, 9.17) is 0 Å². The van der Waals surface area contributed by atoms with E-state index in [1.54, 1.807) is 23.7 Å². The Morgan fingerprint density at radius 1 is 1.29 bits per heavy atom. The lowest BCUT2D eigenvalue weighted by Crippen LogP contribution is -2.23. The molecule has 2 aromatic heterocycles. The molecule has 0 spiro atoms. The second-order valence-electron chi connectivity index (χ2n) is 4.18. The quantitative estimate of drug-likeness (QED) is 0.833. The van der Waals surface area contributed by atoms with Crippen LogP contribution in [0, 0.1) is 0 Å². The number of hydrogen-bond donors (Lipinski definition) is 0. The molecule has 17 heavy (non-hydrogen) atoms. The zero-order valence-corrected chi connectivity index (χ0v) is 10.3. The van der Waals surface area contributed by atoms with E-state index >= 15 is 0 Å². The first-order valence-corrected chi connectivity index (χ1v) is 6.70. The largest absolute Gasteiger partial charge is 0.288 e. The molecule has 1 aliphatic heterocycles. The summed E-state index contributed by atoms with van der Waals surface area (Å²) in [5.74, 6) is 0. The summed E-state index contributed by atoms with van der Waals surface area (Å²) >= 11 is 1.72. The van der Waals surface area contributed by atoms with Crippen LogP contribution in [0.25, 0.3) is 0 Å². The fourth-order valence-corrected chi connectivity index (χ4v) is 2.98. The van der Waals surface area contributed by atoms with E-state index in [-0.39, 0.29) is 0 Å². The van der Waals surface area contributed by atoms with Crippen molar-refractivity contribution in [1.29, 1.82) is 0 Å². The number of nitrogens with zero attached hydrogens (tertiary/aromatic N) is 4. The number of thiazole rings is 1. The van der Waals surface area contributed by atoms with Gasteiger partial charge in [0.15, 0.2) is 0 Å². The summed E-state index contributed by atoms with van der Waals surface area (Å²) in [7, 11) is 0. The normalized spacial score (nSPS) is 20.8. The monoisotopic (exact) mass is 246 g/mol. The molecular weight excluding hydrogens is 232 g/mol. The summed E-state index contributed by atoms with van der Waals surface area (Å²) in [5.41, 5.74) is 1.08. The van der Waals surface area contributed by atoms with Crippen LogP contribution >= 0.6 is 11.3 Å². The highest BCUT2D eigenvalue weighted by Crippen LogP contribution is 2.31. The van der Waals surface area contributed by atoms with Gasteiger partial charge in [-0.2, -0.15) is 0 Å². The van der Waals surface area contributed by atoms with Crippen molar-refractivity contribution in [2.45, 2.75) is 25.4 Å². The zero-order chi connectivity index (χ0) is 11.5. The maximum absolute atomic E-state index is 4.42. The van der Waals surface area contributed by atoms with Crippen LogP contribution in [0.5, 0.6) is 0 Å². The highest BCUT2D eigenvalue weighted by Gasteiger charge is 2.27. The summed E-state index contributed by atoms with van der Waals surface area (Å²) in [6.07, 6.45) is 9.65. The molecule has 1 atom stereocenters. The Hall–Kier alpha value is -1.33. The van der Waals surface area contributed by atoms with Gasteiger partial charge in [-0.25, -0.2) is 4.98 Å². The third kappa shape index (κ3) is 2.35. The van der Waals surface area contributed by atoms with Crippen LogP contribution in [0.3, 0.4) is 0 Å². The number of rotatable bonds is 3. The molecule has 0 aliphatic carbocycles. The van der Waals surface area contributed by atoms with E-state index in [0.29, 0.717) is 6.04 Å². The first-order chi connectivity index (χ1) is 8.43. The molecule has 3 heterocycles. The van der Waals surface area contributed by atoms with Crippen molar-refractivity contribution < 1.29 is 0 Å². The second kappa shape index (κ2) is 4.89. The maximum Gasteiger partial charge on any atom is 0.107 e. The molecule has 0 unspecified atom stereocenters. The van der Waals surface area contributed by atoms with Crippen molar-refractivity contribution in [2.75, 3.05) is 6.54 Å². The minimum atomic E-state index is 0.410. The zero-order valence-electron chi connectivity index (χ0n) is 9.49. The maximum atomic E-state index is 4.42. The minimum absolute atomic E-state index is 0.410. The van der Waals surface area contributed by atoms with Gasteiger partial charge < -0.3 is 0 Å². The van der Waals surface area contributed by atoms with Crippen LogP contribution in [-0.2, 0) is 6.54 Å². The van der Waals surface area contributed by atoms with E-state index in [9.17, 15) is 0 Å². The summed E-state index contributed by atoms with van der Waals surface area (Å²) in [4.78, 5) is 15.4. The lowest BCUT2D eigenvalue weighted by atomic mass is 10.1.